The lowest BCUT2D eigenvalue weighted by atomic mass is 10.1. The van der Waals surface area contributed by atoms with Crippen LogP contribution >= 0.6 is 15.9 Å². The summed E-state index contributed by atoms with van der Waals surface area (Å²) in [7, 11) is 0. The van der Waals surface area contributed by atoms with Crippen LogP contribution < -0.4 is 0 Å². The molecule has 0 amide bonds. The minimum Gasteiger partial charge on any atom is -0.380 e. The number of aryl methyl sites for hydroxylation is 2. The van der Waals surface area contributed by atoms with Crippen molar-refractivity contribution in [3.05, 3.63) is 46.0 Å². The Hall–Kier alpha value is -1.20. The van der Waals surface area contributed by atoms with Gasteiger partial charge in [-0.05, 0) is 47.5 Å². The zero-order valence-electron chi connectivity index (χ0n) is 9.76. The summed E-state index contributed by atoms with van der Waals surface area (Å²) in [5.74, 6) is 0. The average molecular weight is 296 g/mol. The highest BCUT2D eigenvalue weighted by atomic mass is 79.9. The van der Waals surface area contributed by atoms with Crippen LogP contribution in [-0.2, 0) is 6.54 Å². The Morgan fingerprint density at radius 3 is 2.94 bits per heavy atom. The highest BCUT2D eigenvalue weighted by molar-refractivity contribution is 9.10. The maximum absolute atomic E-state index is 10.3. The lowest BCUT2D eigenvalue weighted by Gasteiger charge is -2.13. The normalized spacial score (nSPS) is 12.7. The molecule has 0 aromatic carbocycles. The van der Waals surface area contributed by atoms with Crippen molar-refractivity contribution in [2.24, 2.45) is 0 Å². The first-order valence-corrected chi connectivity index (χ1v) is 6.24. The van der Waals surface area contributed by atoms with Gasteiger partial charge in [0.25, 0.3) is 0 Å². The van der Waals surface area contributed by atoms with Gasteiger partial charge >= 0.3 is 0 Å². The second-order valence-corrected chi connectivity index (χ2v) is 4.71. The van der Waals surface area contributed by atoms with E-state index in [9.17, 15) is 5.11 Å². The van der Waals surface area contributed by atoms with Crippen LogP contribution in [0, 0.1) is 6.92 Å². The Labute approximate surface area is 108 Å². The van der Waals surface area contributed by atoms with Crippen LogP contribution in [0.2, 0.25) is 0 Å². The molecule has 5 heteroatoms. The molecule has 0 aliphatic carbocycles. The molecule has 2 aromatic heterocycles. The van der Waals surface area contributed by atoms with E-state index in [2.05, 4.69) is 26.0 Å². The van der Waals surface area contributed by atoms with E-state index in [1.54, 1.807) is 17.1 Å². The summed E-state index contributed by atoms with van der Waals surface area (Å²) in [4.78, 5) is 4.20. The Balaban J connectivity index is 2.43. The molecular weight excluding hydrogens is 282 g/mol. The summed E-state index contributed by atoms with van der Waals surface area (Å²) in [6.45, 7) is 4.67. The van der Waals surface area contributed by atoms with Crippen LogP contribution in [0.5, 0.6) is 0 Å². The van der Waals surface area contributed by atoms with Gasteiger partial charge in [0, 0.05) is 12.7 Å². The minimum absolute atomic E-state index is 0.640. The van der Waals surface area contributed by atoms with Crippen molar-refractivity contribution in [3.8, 4) is 0 Å². The highest BCUT2D eigenvalue weighted by Crippen LogP contribution is 2.27. The summed E-state index contributed by atoms with van der Waals surface area (Å²) >= 11 is 3.40. The molecule has 0 radical (unpaired) electrons. The monoisotopic (exact) mass is 295 g/mol. The van der Waals surface area contributed by atoms with Gasteiger partial charge < -0.3 is 5.11 Å². The summed E-state index contributed by atoms with van der Waals surface area (Å²) in [5.41, 5.74) is 2.46. The van der Waals surface area contributed by atoms with E-state index in [4.69, 9.17) is 0 Å². The lowest BCUT2D eigenvalue weighted by Crippen LogP contribution is -2.11. The van der Waals surface area contributed by atoms with E-state index in [1.165, 1.54) is 0 Å². The number of rotatable bonds is 3. The number of halogens is 1. The fourth-order valence-electron chi connectivity index (χ4n) is 1.74. The zero-order chi connectivity index (χ0) is 12.4. The molecule has 0 saturated carbocycles. The molecule has 1 atom stereocenters. The molecule has 1 N–H and O–H groups in total. The van der Waals surface area contributed by atoms with Gasteiger partial charge in [0.05, 0.1) is 22.1 Å². The van der Waals surface area contributed by atoms with Crippen molar-refractivity contribution in [3.63, 3.8) is 0 Å². The molecule has 90 valence electrons. The summed E-state index contributed by atoms with van der Waals surface area (Å²) in [6.07, 6.45) is 2.64. The maximum Gasteiger partial charge on any atom is 0.139 e. The van der Waals surface area contributed by atoms with Crippen molar-refractivity contribution in [2.45, 2.75) is 26.5 Å². The molecule has 17 heavy (non-hydrogen) atoms. The average Bonchev–Trinajstić information content (AvgIpc) is 2.69. The van der Waals surface area contributed by atoms with E-state index in [1.807, 2.05) is 26.0 Å². The fraction of sp³-hybridized carbons (Fsp3) is 0.333. The predicted molar refractivity (Wildman–Crippen MR) is 68.6 cm³/mol. The van der Waals surface area contributed by atoms with Crippen LogP contribution in [0.4, 0.5) is 0 Å². The van der Waals surface area contributed by atoms with Gasteiger partial charge in [0.15, 0.2) is 0 Å². The minimum atomic E-state index is -0.758. The molecule has 1 unspecified atom stereocenters. The van der Waals surface area contributed by atoms with Gasteiger partial charge in [-0.1, -0.05) is 0 Å². The molecule has 0 aliphatic heterocycles. The number of hydrogen-bond acceptors (Lipinski definition) is 3. The molecule has 0 spiro atoms. The largest absolute Gasteiger partial charge is 0.380 e. The van der Waals surface area contributed by atoms with Gasteiger partial charge in [-0.25, -0.2) is 0 Å². The van der Waals surface area contributed by atoms with Crippen LogP contribution in [0.1, 0.15) is 30.0 Å². The quantitative estimate of drug-likeness (QED) is 0.946. The molecule has 0 saturated heterocycles. The van der Waals surface area contributed by atoms with Crippen LogP contribution in [0.3, 0.4) is 0 Å². The first kappa shape index (κ1) is 12.3. The molecule has 2 heterocycles. The number of nitrogens with zero attached hydrogens (tertiary/aromatic N) is 3. The van der Waals surface area contributed by atoms with Gasteiger partial charge in [-0.2, -0.15) is 5.10 Å². The Morgan fingerprint density at radius 1 is 1.53 bits per heavy atom. The third kappa shape index (κ3) is 2.40. The molecule has 2 rings (SSSR count). The van der Waals surface area contributed by atoms with Gasteiger partial charge in [0.1, 0.15) is 6.10 Å². The van der Waals surface area contributed by atoms with Crippen molar-refractivity contribution in [1.29, 1.82) is 0 Å². The fourth-order valence-corrected chi connectivity index (χ4v) is 2.26. The lowest BCUT2D eigenvalue weighted by molar-refractivity contribution is 0.202. The SMILES string of the molecule is CCn1ncc(Br)c1C(O)c1cc(C)ccn1. The maximum atomic E-state index is 10.3. The molecule has 0 bridgehead atoms. The van der Waals surface area contributed by atoms with Gasteiger partial charge in [-0.3, -0.25) is 9.67 Å². The predicted octanol–water partition coefficient (Wildman–Crippen LogP) is 2.45. The summed E-state index contributed by atoms with van der Waals surface area (Å²) in [5, 5.41) is 14.5. The summed E-state index contributed by atoms with van der Waals surface area (Å²) < 4.78 is 2.56. The highest BCUT2D eigenvalue weighted by Gasteiger charge is 2.20. The van der Waals surface area contributed by atoms with E-state index >= 15 is 0 Å². The molecule has 0 aliphatic rings. The number of aliphatic hydroxyl groups is 1. The van der Waals surface area contributed by atoms with E-state index in [-0.39, 0.29) is 0 Å². The topological polar surface area (TPSA) is 50.9 Å². The summed E-state index contributed by atoms with van der Waals surface area (Å²) in [6, 6.07) is 3.78. The molecule has 0 fully saturated rings. The zero-order valence-corrected chi connectivity index (χ0v) is 11.3. The number of aliphatic hydroxyl groups excluding tert-OH is 1. The van der Waals surface area contributed by atoms with Crippen LogP contribution in [-0.4, -0.2) is 19.9 Å². The Bertz CT molecular complexity index is 524. The Kier molecular flexibility index (Phi) is 3.59. The molecule has 2 aromatic rings. The second kappa shape index (κ2) is 4.98. The van der Waals surface area contributed by atoms with Crippen molar-refractivity contribution in [2.75, 3.05) is 0 Å². The van der Waals surface area contributed by atoms with Crippen molar-refractivity contribution >= 4 is 15.9 Å². The van der Waals surface area contributed by atoms with E-state index in [0.717, 1.165) is 15.7 Å². The first-order valence-electron chi connectivity index (χ1n) is 5.45. The number of aromatic nitrogens is 3. The molecular formula is C12H14BrN3O. The third-order valence-electron chi connectivity index (χ3n) is 2.61. The number of pyridine rings is 1. The Morgan fingerprint density at radius 2 is 2.29 bits per heavy atom. The molecule has 4 nitrogen and oxygen atoms in total. The number of hydrogen-bond donors (Lipinski definition) is 1. The van der Waals surface area contributed by atoms with Crippen LogP contribution in [0.15, 0.2) is 29.0 Å². The first-order chi connectivity index (χ1) is 8.13. The van der Waals surface area contributed by atoms with Gasteiger partial charge in [-0.15, -0.1) is 0 Å². The van der Waals surface area contributed by atoms with Gasteiger partial charge in [0.2, 0.25) is 0 Å². The smallest absolute Gasteiger partial charge is 0.139 e. The van der Waals surface area contributed by atoms with E-state index in [0.29, 0.717) is 12.2 Å². The standard InChI is InChI=1S/C12H14BrN3O/c1-3-16-11(9(13)7-15-16)12(17)10-6-8(2)4-5-14-10/h4-7,12,17H,3H2,1-2H3. The van der Waals surface area contributed by atoms with E-state index < -0.39 is 6.10 Å². The van der Waals surface area contributed by atoms with Crippen LogP contribution in [0.25, 0.3) is 0 Å². The second-order valence-electron chi connectivity index (χ2n) is 3.85. The van der Waals surface area contributed by atoms with Crippen molar-refractivity contribution < 1.29 is 5.11 Å². The van der Waals surface area contributed by atoms with Crippen molar-refractivity contribution in [1.82, 2.24) is 14.8 Å². The third-order valence-corrected chi connectivity index (χ3v) is 3.22.